The zero-order chi connectivity index (χ0) is 19.3. The van der Waals surface area contributed by atoms with Crippen LogP contribution in [0.3, 0.4) is 0 Å². The summed E-state index contributed by atoms with van der Waals surface area (Å²) in [5.74, 6) is 0.874. The van der Waals surface area contributed by atoms with Crippen LogP contribution in [-0.2, 0) is 0 Å². The van der Waals surface area contributed by atoms with Gasteiger partial charge in [-0.25, -0.2) is 0 Å². The lowest BCUT2D eigenvalue weighted by molar-refractivity contribution is 0.157. The van der Waals surface area contributed by atoms with Crippen molar-refractivity contribution in [2.75, 3.05) is 51.6 Å². The zero-order valence-corrected chi connectivity index (χ0v) is 16.2. The topological polar surface area (TPSA) is 54.7 Å². The molecule has 2 aromatic rings. The molecule has 142 valence electrons. The van der Waals surface area contributed by atoms with Crippen molar-refractivity contribution in [2.45, 2.75) is 0 Å². The van der Waals surface area contributed by atoms with Gasteiger partial charge in [-0.3, -0.25) is 9.89 Å². The Bertz CT molecular complexity index is 945. The second-order valence-corrected chi connectivity index (χ2v) is 7.28. The van der Waals surface area contributed by atoms with Gasteiger partial charge in [-0.1, -0.05) is 42.5 Å². The molecule has 2 heterocycles. The van der Waals surface area contributed by atoms with Crippen LogP contribution in [0.1, 0.15) is 16.7 Å². The minimum atomic E-state index is 0.750. The minimum absolute atomic E-state index is 0.750. The zero-order valence-electron chi connectivity index (χ0n) is 16.2. The van der Waals surface area contributed by atoms with Crippen LogP contribution >= 0.6 is 0 Å². The predicted octanol–water partition coefficient (Wildman–Crippen LogP) is 3.06. The molecule has 0 atom stereocenters. The van der Waals surface area contributed by atoms with Gasteiger partial charge in [0.05, 0.1) is 12.6 Å². The van der Waals surface area contributed by atoms with Crippen molar-refractivity contribution in [1.29, 1.82) is 5.26 Å². The minimum Gasteiger partial charge on any atom is -0.340 e. The molecule has 4 rings (SSSR count). The molecule has 2 aliphatic heterocycles. The molecule has 2 aliphatic rings. The van der Waals surface area contributed by atoms with E-state index in [2.05, 4.69) is 46.4 Å². The monoisotopic (exact) mass is 371 g/mol. The summed E-state index contributed by atoms with van der Waals surface area (Å²) in [5.41, 5.74) is 5.03. The van der Waals surface area contributed by atoms with Crippen LogP contribution in [0.25, 0.3) is 5.57 Å². The summed E-state index contributed by atoms with van der Waals surface area (Å²) in [4.78, 5) is 9.77. The molecule has 1 saturated heterocycles. The van der Waals surface area contributed by atoms with Gasteiger partial charge >= 0.3 is 0 Å². The van der Waals surface area contributed by atoms with Crippen LogP contribution < -0.4 is 5.32 Å². The molecule has 0 amide bonds. The molecule has 5 nitrogen and oxygen atoms in total. The van der Waals surface area contributed by atoms with E-state index in [1.54, 1.807) is 6.08 Å². The Kier molecular flexibility index (Phi) is 5.52. The number of anilines is 1. The van der Waals surface area contributed by atoms with Crippen molar-refractivity contribution < 1.29 is 0 Å². The third-order valence-corrected chi connectivity index (χ3v) is 5.43. The summed E-state index contributed by atoms with van der Waals surface area (Å²) in [7, 11) is 2.17. The largest absolute Gasteiger partial charge is 0.340 e. The molecule has 2 aromatic carbocycles. The first kappa shape index (κ1) is 18.4. The Morgan fingerprint density at radius 1 is 1.00 bits per heavy atom. The smallest absolute Gasteiger partial charge is 0.133 e. The van der Waals surface area contributed by atoms with E-state index in [4.69, 9.17) is 4.99 Å². The third kappa shape index (κ3) is 3.84. The van der Waals surface area contributed by atoms with Crippen molar-refractivity contribution in [3.63, 3.8) is 0 Å². The standard InChI is InChI=1S/C23H25N5/c1-27-14-16-28(17-15-27)13-12-25-23-21-8-3-2-6-18(21)19(10-11-24)20-7-4-5-9-22(20)26-23/h2-10H,12-17H2,1H3,(H,25,26)/b19-10+. The van der Waals surface area contributed by atoms with E-state index in [0.717, 1.165) is 73.1 Å². The van der Waals surface area contributed by atoms with Gasteiger partial charge in [0.1, 0.15) is 5.84 Å². The maximum absolute atomic E-state index is 9.35. The van der Waals surface area contributed by atoms with E-state index < -0.39 is 0 Å². The van der Waals surface area contributed by atoms with Gasteiger partial charge in [0.15, 0.2) is 0 Å². The summed E-state index contributed by atoms with van der Waals surface area (Å²) in [6.45, 7) is 6.15. The van der Waals surface area contributed by atoms with Crippen molar-refractivity contribution in [1.82, 2.24) is 9.80 Å². The average Bonchev–Trinajstić information content (AvgIpc) is 2.85. The highest BCUT2D eigenvalue weighted by molar-refractivity contribution is 6.15. The van der Waals surface area contributed by atoms with Gasteiger partial charge in [-0.2, -0.15) is 5.26 Å². The van der Waals surface area contributed by atoms with Crippen LogP contribution in [-0.4, -0.2) is 62.0 Å². The lowest BCUT2D eigenvalue weighted by Gasteiger charge is -2.31. The van der Waals surface area contributed by atoms with Crippen LogP contribution in [0.15, 0.2) is 59.6 Å². The fraction of sp³-hybridized carbons (Fsp3) is 0.304. The number of para-hydroxylation sites is 1. The molecule has 1 fully saturated rings. The molecule has 1 N–H and O–H groups in total. The number of aliphatic imine (C=N–C) groups is 1. The van der Waals surface area contributed by atoms with Crippen molar-refractivity contribution in [3.8, 4) is 6.07 Å². The maximum Gasteiger partial charge on any atom is 0.133 e. The molecule has 0 spiro atoms. The molecule has 0 saturated carbocycles. The Labute approximate surface area is 166 Å². The van der Waals surface area contributed by atoms with E-state index in [1.165, 1.54) is 0 Å². The molecular formula is C23H25N5. The molecule has 0 unspecified atom stereocenters. The van der Waals surface area contributed by atoms with E-state index in [0.29, 0.717) is 0 Å². The first-order chi connectivity index (χ1) is 13.8. The fourth-order valence-corrected chi connectivity index (χ4v) is 3.81. The van der Waals surface area contributed by atoms with Gasteiger partial charge < -0.3 is 10.2 Å². The summed E-state index contributed by atoms with van der Waals surface area (Å²) >= 11 is 0. The third-order valence-electron chi connectivity index (χ3n) is 5.43. The lowest BCUT2D eigenvalue weighted by atomic mass is 9.94. The number of allylic oxidation sites excluding steroid dienone is 1. The molecule has 0 radical (unpaired) electrons. The number of nitrogens with zero attached hydrogens (tertiary/aromatic N) is 4. The number of hydrogen-bond acceptors (Lipinski definition) is 4. The first-order valence-electron chi connectivity index (χ1n) is 9.77. The Morgan fingerprint density at radius 2 is 1.68 bits per heavy atom. The number of benzene rings is 2. The molecule has 0 bridgehead atoms. The number of hydrogen-bond donors (Lipinski definition) is 1. The highest BCUT2D eigenvalue weighted by Crippen LogP contribution is 2.34. The number of rotatable bonds is 3. The highest BCUT2D eigenvalue weighted by Gasteiger charge is 2.21. The maximum atomic E-state index is 9.35. The van der Waals surface area contributed by atoms with Gasteiger partial charge in [0, 0.05) is 61.2 Å². The van der Waals surface area contributed by atoms with Crippen LogP contribution in [0, 0.1) is 11.3 Å². The number of fused-ring (bicyclic) bond motifs is 2. The number of nitrogens with one attached hydrogen (secondary N) is 1. The van der Waals surface area contributed by atoms with Crippen molar-refractivity contribution >= 4 is 17.1 Å². The number of amidine groups is 1. The number of piperazine rings is 1. The van der Waals surface area contributed by atoms with E-state index in [-0.39, 0.29) is 0 Å². The van der Waals surface area contributed by atoms with Crippen molar-refractivity contribution in [2.24, 2.45) is 4.99 Å². The summed E-state index contributed by atoms with van der Waals surface area (Å²) in [6.07, 6.45) is 1.63. The molecule has 0 aliphatic carbocycles. The van der Waals surface area contributed by atoms with E-state index in [9.17, 15) is 5.26 Å². The van der Waals surface area contributed by atoms with Crippen molar-refractivity contribution in [3.05, 3.63) is 71.3 Å². The van der Waals surface area contributed by atoms with Crippen LogP contribution in [0.4, 0.5) is 5.69 Å². The Morgan fingerprint density at radius 3 is 2.43 bits per heavy atom. The molecule has 0 aromatic heterocycles. The van der Waals surface area contributed by atoms with Gasteiger partial charge in [-0.05, 0) is 18.7 Å². The normalized spacial score (nSPS) is 20.1. The predicted molar refractivity (Wildman–Crippen MR) is 115 cm³/mol. The second kappa shape index (κ2) is 8.39. The SMILES string of the molecule is CN1CCN(CCN=C2Nc3ccccc3/C(=C/C#N)c3ccccc32)CC1. The summed E-state index contributed by atoms with van der Waals surface area (Å²) in [5, 5.41) is 12.9. The number of nitriles is 1. The van der Waals surface area contributed by atoms with Crippen LogP contribution in [0.5, 0.6) is 0 Å². The van der Waals surface area contributed by atoms with Crippen LogP contribution in [0.2, 0.25) is 0 Å². The second-order valence-electron chi connectivity index (χ2n) is 7.28. The molecular weight excluding hydrogens is 346 g/mol. The van der Waals surface area contributed by atoms with E-state index in [1.807, 2.05) is 30.3 Å². The Hall–Kier alpha value is -2.94. The molecule has 5 heteroatoms. The van der Waals surface area contributed by atoms with E-state index >= 15 is 0 Å². The summed E-state index contributed by atoms with van der Waals surface area (Å²) in [6, 6.07) is 18.5. The summed E-state index contributed by atoms with van der Waals surface area (Å²) < 4.78 is 0. The first-order valence-corrected chi connectivity index (χ1v) is 9.77. The van der Waals surface area contributed by atoms with Gasteiger partial charge in [-0.15, -0.1) is 0 Å². The molecule has 28 heavy (non-hydrogen) atoms. The van der Waals surface area contributed by atoms with Gasteiger partial charge in [0.25, 0.3) is 0 Å². The average molecular weight is 371 g/mol. The lowest BCUT2D eigenvalue weighted by Crippen LogP contribution is -2.45. The highest BCUT2D eigenvalue weighted by atomic mass is 15.2. The fourth-order valence-electron chi connectivity index (χ4n) is 3.81. The van der Waals surface area contributed by atoms with Gasteiger partial charge in [0.2, 0.25) is 0 Å². The quantitative estimate of drug-likeness (QED) is 0.843. The Balaban J connectivity index is 1.65. The number of likely N-dealkylation sites (N-methyl/N-ethyl adjacent to an activating group) is 1.